The van der Waals surface area contributed by atoms with Gasteiger partial charge in [0.25, 0.3) is 0 Å². The second-order valence-electron chi connectivity index (χ2n) is 4.05. The molecular formula is C10H16O4. The van der Waals surface area contributed by atoms with E-state index in [4.69, 9.17) is 10.2 Å². The van der Waals surface area contributed by atoms with E-state index in [2.05, 4.69) is 0 Å². The summed E-state index contributed by atoms with van der Waals surface area (Å²) in [5.41, 5.74) is -0.661. The summed E-state index contributed by atoms with van der Waals surface area (Å²) in [6.45, 7) is 1.86. The summed E-state index contributed by atoms with van der Waals surface area (Å²) in [7, 11) is 0. The highest BCUT2D eigenvalue weighted by Gasteiger charge is 2.41. The van der Waals surface area contributed by atoms with Crippen molar-refractivity contribution < 1.29 is 19.8 Å². The van der Waals surface area contributed by atoms with Crippen molar-refractivity contribution in [3.05, 3.63) is 0 Å². The van der Waals surface area contributed by atoms with E-state index in [0.29, 0.717) is 32.1 Å². The van der Waals surface area contributed by atoms with Gasteiger partial charge in [0.2, 0.25) is 0 Å². The Kier molecular flexibility index (Phi) is 3.13. The summed E-state index contributed by atoms with van der Waals surface area (Å²) in [4.78, 5) is 21.7. The number of carboxylic acids is 2. The van der Waals surface area contributed by atoms with Crippen LogP contribution in [0.4, 0.5) is 0 Å². The number of carbonyl (C=O) groups is 2. The first-order chi connectivity index (χ1) is 6.52. The topological polar surface area (TPSA) is 74.6 Å². The summed E-state index contributed by atoms with van der Waals surface area (Å²) in [6, 6.07) is 0. The Morgan fingerprint density at radius 3 is 2.07 bits per heavy atom. The molecule has 0 aromatic carbocycles. The Labute approximate surface area is 82.9 Å². The second kappa shape index (κ2) is 3.98. The maximum absolute atomic E-state index is 11.0. The lowest BCUT2D eigenvalue weighted by Gasteiger charge is -2.34. The van der Waals surface area contributed by atoms with Crippen molar-refractivity contribution in [2.45, 2.75) is 39.0 Å². The summed E-state index contributed by atoms with van der Waals surface area (Å²) in [5, 5.41) is 17.8. The monoisotopic (exact) mass is 200 g/mol. The number of hydrogen-bond acceptors (Lipinski definition) is 2. The first-order valence-corrected chi connectivity index (χ1v) is 4.98. The molecule has 0 atom stereocenters. The van der Waals surface area contributed by atoms with Gasteiger partial charge < -0.3 is 10.2 Å². The first-order valence-electron chi connectivity index (χ1n) is 4.98. The van der Waals surface area contributed by atoms with E-state index in [1.54, 1.807) is 0 Å². The highest BCUT2D eigenvalue weighted by atomic mass is 16.4. The Balaban J connectivity index is 2.64. The maximum atomic E-state index is 11.0. The molecule has 0 radical (unpaired) electrons. The van der Waals surface area contributed by atoms with Crippen LogP contribution in [0.15, 0.2) is 0 Å². The molecule has 0 saturated heterocycles. The van der Waals surface area contributed by atoms with E-state index in [9.17, 15) is 9.59 Å². The van der Waals surface area contributed by atoms with E-state index in [0.717, 1.165) is 0 Å². The van der Waals surface area contributed by atoms with Gasteiger partial charge in [-0.05, 0) is 32.1 Å². The van der Waals surface area contributed by atoms with Crippen molar-refractivity contribution in [1.82, 2.24) is 0 Å². The predicted octanol–water partition coefficient (Wildman–Crippen LogP) is 1.74. The largest absolute Gasteiger partial charge is 0.481 e. The standard InChI is InChI=1S/C10H16O4/c1-2-10(9(13)14)5-3-7(4-6-10)8(11)12/h7H,2-6H2,1H3,(H,11,12)(H,13,14). The molecule has 0 amide bonds. The number of carboxylic acid groups (broad SMARTS) is 2. The van der Waals surface area contributed by atoms with Gasteiger partial charge >= 0.3 is 11.9 Å². The molecule has 0 spiro atoms. The molecule has 0 aromatic rings. The Hall–Kier alpha value is -1.06. The summed E-state index contributed by atoms with van der Waals surface area (Å²) < 4.78 is 0. The van der Waals surface area contributed by atoms with Gasteiger partial charge in [0.15, 0.2) is 0 Å². The molecule has 80 valence electrons. The van der Waals surface area contributed by atoms with E-state index in [1.807, 2.05) is 6.92 Å². The quantitative estimate of drug-likeness (QED) is 0.727. The van der Waals surface area contributed by atoms with Gasteiger partial charge in [0, 0.05) is 0 Å². The van der Waals surface area contributed by atoms with Gasteiger partial charge in [0.05, 0.1) is 11.3 Å². The lowest BCUT2D eigenvalue weighted by Crippen LogP contribution is -2.36. The van der Waals surface area contributed by atoms with Gasteiger partial charge in [-0.15, -0.1) is 0 Å². The van der Waals surface area contributed by atoms with Crippen molar-refractivity contribution >= 4 is 11.9 Å². The fraction of sp³-hybridized carbons (Fsp3) is 0.800. The molecule has 4 heteroatoms. The van der Waals surface area contributed by atoms with Gasteiger partial charge in [-0.1, -0.05) is 6.92 Å². The molecule has 1 saturated carbocycles. The molecule has 0 aromatic heterocycles. The second-order valence-corrected chi connectivity index (χ2v) is 4.05. The Morgan fingerprint density at radius 1 is 1.29 bits per heavy atom. The van der Waals surface area contributed by atoms with Gasteiger partial charge in [0.1, 0.15) is 0 Å². The first kappa shape index (κ1) is 11.0. The molecule has 14 heavy (non-hydrogen) atoms. The summed E-state index contributed by atoms with van der Waals surface area (Å²) in [5.74, 6) is -1.90. The van der Waals surface area contributed by atoms with Crippen LogP contribution >= 0.6 is 0 Å². The van der Waals surface area contributed by atoms with Crippen LogP contribution in [0.2, 0.25) is 0 Å². The summed E-state index contributed by atoms with van der Waals surface area (Å²) >= 11 is 0. The van der Waals surface area contributed by atoms with Gasteiger partial charge in [-0.25, -0.2) is 0 Å². The van der Waals surface area contributed by atoms with Crippen LogP contribution in [-0.4, -0.2) is 22.2 Å². The van der Waals surface area contributed by atoms with E-state index in [1.165, 1.54) is 0 Å². The van der Waals surface area contributed by atoms with E-state index >= 15 is 0 Å². The molecule has 1 fully saturated rings. The fourth-order valence-electron chi connectivity index (χ4n) is 2.14. The van der Waals surface area contributed by atoms with Crippen molar-refractivity contribution in [1.29, 1.82) is 0 Å². The zero-order valence-electron chi connectivity index (χ0n) is 8.32. The lowest BCUT2D eigenvalue weighted by atomic mass is 9.69. The van der Waals surface area contributed by atoms with Crippen molar-refractivity contribution in [3.63, 3.8) is 0 Å². The summed E-state index contributed by atoms with van der Waals surface area (Å²) in [6.07, 6.45) is 2.57. The molecule has 0 bridgehead atoms. The number of hydrogen-bond donors (Lipinski definition) is 2. The number of aliphatic carboxylic acids is 2. The minimum atomic E-state index is -0.792. The highest BCUT2D eigenvalue weighted by molar-refractivity contribution is 5.76. The highest BCUT2D eigenvalue weighted by Crippen LogP contribution is 2.41. The minimum Gasteiger partial charge on any atom is -0.481 e. The van der Waals surface area contributed by atoms with Crippen molar-refractivity contribution in [2.24, 2.45) is 11.3 Å². The van der Waals surface area contributed by atoms with Gasteiger partial charge in [-0.2, -0.15) is 0 Å². The molecular weight excluding hydrogens is 184 g/mol. The smallest absolute Gasteiger partial charge is 0.309 e. The van der Waals surface area contributed by atoms with Crippen LogP contribution in [0.5, 0.6) is 0 Å². The van der Waals surface area contributed by atoms with Crippen LogP contribution in [-0.2, 0) is 9.59 Å². The molecule has 0 unspecified atom stereocenters. The molecule has 4 nitrogen and oxygen atoms in total. The van der Waals surface area contributed by atoms with Crippen molar-refractivity contribution in [2.75, 3.05) is 0 Å². The molecule has 0 heterocycles. The molecule has 0 aliphatic heterocycles. The average Bonchev–Trinajstić information content (AvgIpc) is 2.17. The third-order valence-corrected chi connectivity index (χ3v) is 3.42. The SMILES string of the molecule is CCC1(C(=O)O)CCC(C(=O)O)CC1. The molecule has 1 aliphatic rings. The lowest BCUT2D eigenvalue weighted by molar-refractivity contribution is -0.155. The van der Waals surface area contributed by atoms with E-state index in [-0.39, 0.29) is 5.92 Å². The van der Waals surface area contributed by atoms with Crippen LogP contribution in [0.25, 0.3) is 0 Å². The third kappa shape index (κ3) is 1.89. The van der Waals surface area contributed by atoms with Gasteiger partial charge in [-0.3, -0.25) is 9.59 Å². The minimum absolute atomic E-state index is 0.339. The fourth-order valence-corrected chi connectivity index (χ4v) is 2.14. The molecule has 2 N–H and O–H groups in total. The molecule has 1 aliphatic carbocycles. The van der Waals surface area contributed by atoms with Crippen LogP contribution in [0.3, 0.4) is 0 Å². The van der Waals surface area contributed by atoms with Crippen LogP contribution < -0.4 is 0 Å². The van der Waals surface area contributed by atoms with Crippen LogP contribution in [0.1, 0.15) is 39.0 Å². The van der Waals surface area contributed by atoms with Crippen LogP contribution in [0, 0.1) is 11.3 Å². The molecule has 1 rings (SSSR count). The normalized spacial score (nSPS) is 32.5. The maximum Gasteiger partial charge on any atom is 0.309 e. The van der Waals surface area contributed by atoms with E-state index < -0.39 is 17.4 Å². The third-order valence-electron chi connectivity index (χ3n) is 3.42. The Morgan fingerprint density at radius 2 is 1.79 bits per heavy atom. The zero-order valence-corrected chi connectivity index (χ0v) is 8.32. The number of rotatable bonds is 3. The zero-order chi connectivity index (χ0) is 10.8. The predicted molar refractivity (Wildman–Crippen MR) is 50.0 cm³/mol. The van der Waals surface area contributed by atoms with Crippen molar-refractivity contribution in [3.8, 4) is 0 Å². The Bertz CT molecular complexity index is 239. The average molecular weight is 200 g/mol.